The molecule has 0 amide bonds. The van der Waals surface area contributed by atoms with Gasteiger partial charge in [0.1, 0.15) is 0 Å². The predicted octanol–water partition coefficient (Wildman–Crippen LogP) is 3.03. The van der Waals surface area contributed by atoms with Gasteiger partial charge in [0.25, 0.3) is 0 Å². The molecule has 0 saturated carbocycles. The van der Waals surface area contributed by atoms with Crippen LogP contribution in [-0.4, -0.2) is 8.07 Å². The number of fused-ring (bicyclic) bond motifs is 1. The molecule has 0 heterocycles. The highest BCUT2D eigenvalue weighted by Crippen LogP contribution is 2.23. The van der Waals surface area contributed by atoms with E-state index in [1.165, 1.54) is 24.8 Å². The van der Waals surface area contributed by atoms with Crippen molar-refractivity contribution in [2.75, 3.05) is 0 Å². The van der Waals surface area contributed by atoms with Gasteiger partial charge in [-0.2, -0.15) is 0 Å². The molecule has 2 rings (SSSR count). The second-order valence-electron chi connectivity index (χ2n) is 5.55. The van der Waals surface area contributed by atoms with Crippen LogP contribution in [0.3, 0.4) is 0 Å². The van der Waals surface area contributed by atoms with E-state index in [1.54, 1.807) is 16.3 Å². The Kier molecular flexibility index (Phi) is 2.30. The van der Waals surface area contributed by atoms with E-state index in [-0.39, 0.29) is 0 Å². The van der Waals surface area contributed by atoms with Crippen LogP contribution < -0.4 is 5.19 Å². The molecule has 14 heavy (non-hydrogen) atoms. The van der Waals surface area contributed by atoms with Crippen molar-refractivity contribution >= 4 is 13.3 Å². The van der Waals surface area contributed by atoms with Gasteiger partial charge in [-0.05, 0) is 37.3 Å². The van der Waals surface area contributed by atoms with E-state index < -0.39 is 8.07 Å². The molecule has 0 nitrogen and oxygen atoms in total. The first-order valence-corrected chi connectivity index (χ1v) is 9.11. The lowest BCUT2D eigenvalue weighted by Gasteiger charge is -2.21. The van der Waals surface area contributed by atoms with Crippen molar-refractivity contribution in [1.29, 1.82) is 0 Å². The molecule has 0 fully saturated rings. The molecule has 1 aliphatic carbocycles. The molecule has 1 aromatic rings. The summed E-state index contributed by atoms with van der Waals surface area (Å²) in [4.78, 5) is 0. The molecule has 0 spiro atoms. The Hall–Kier alpha value is -0.563. The SMILES string of the molecule is Cc1cc2c(c([Si](C)(C)C)c1)CCC2. The second-order valence-corrected chi connectivity index (χ2v) is 10.6. The zero-order valence-corrected chi connectivity index (χ0v) is 10.8. The second kappa shape index (κ2) is 3.23. The summed E-state index contributed by atoms with van der Waals surface area (Å²) >= 11 is 0. The molecular weight excluding hydrogens is 184 g/mol. The largest absolute Gasteiger partial charge is 0.0779 e. The van der Waals surface area contributed by atoms with Crippen LogP contribution >= 0.6 is 0 Å². The number of hydrogen-bond donors (Lipinski definition) is 0. The maximum Gasteiger partial charge on any atom is 0.0779 e. The first-order valence-electron chi connectivity index (χ1n) is 5.61. The molecule has 1 aromatic carbocycles. The minimum absolute atomic E-state index is 1.12. The van der Waals surface area contributed by atoms with Gasteiger partial charge in [0.15, 0.2) is 0 Å². The molecule has 0 radical (unpaired) electrons. The molecule has 1 heteroatoms. The van der Waals surface area contributed by atoms with Crippen LogP contribution in [0.1, 0.15) is 23.1 Å². The van der Waals surface area contributed by atoms with Gasteiger partial charge in [0.2, 0.25) is 0 Å². The molecule has 0 saturated heterocycles. The summed E-state index contributed by atoms with van der Waals surface area (Å²) < 4.78 is 0. The van der Waals surface area contributed by atoms with E-state index in [2.05, 4.69) is 38.7 Å². The smallest absolute Gasteiger partial charge is 0.0656 e. The van der Waals surface area contributed by atoms with E-state index in [1.807, 2.05) is 0 Å². The van der Waals surface area contributed by atoms with E-state index in [0.717, 1.165) is 0 Å². The molecule has 0 unspecified atom stereocenters. The molecule has 1 aliphatic rings. The molecule has 76 valence electrons. The highest BCUT2D eigenvalue weighted by atomic mass is 28.3. The normalized spacial score (nSPS) is 15.7. The Morgan fingerprint density at radius 1 is 1.07 bits per heavy atom. The van der Waals surface area contributed by atoms with Crippen molar-refractivity contribution in [3.05, 3.63) is 28.8 Å². The third-order valence-corrected chi connectivity index (χ3v) is 5.23. The fourth-order valence-electron chi connectivity index (χ4n) is 2.53. The van der Waals surface area contributed by atoms with Crippen LogP contribution in [0, 0.1) is 6.92 Å². The number of benzene rings is 1. The van der Waals surface area contributed by atoms with Crippen molar-refractivity contribution in [1.82, 2.24) is 0 Å². The van der Waals surface area contributed by atoms with E-state index in [9.17, 15) is 0 Å². The topological polar surface area (TPSA) is 0 Å². The lowest BCUT2D eigenvalue weighted by molar-refractivity contribution is 0.912. The summed E-state index contributed by atoms with van der Waals surface area (Å²) in [5.41, 5.74) is 4.81. The van der Waals surface area contributed by atoms with Crippen molar-refractivity contribution < 1.29 is 0 Å². The van der Waals surface area contributed by atoms with E-state index >= 15 is 0 Å². The number of hydrogen-bond acceptors (Lipinski definition) is 0. The molecule has 0 bridgehead atoms. The average Bonchev–Trinajstić information content (AvgIpc) is 2.47. The summed E-state index contributed by atoms with van der Waals surface area (Å²) in [6.45, 7) is 9.61. The van der Waals surface area contributed by atoms with Crippen LogP contribution in [0.25, 0.3) is 0 Å². The Morgan fingerprint density at radius 2 is 1.79 bits per heavy atom. The maximum absolute atomic E-state index is 2.46. The number of aryl methyl sites for hydroxylation is 2. The average molecular weight is 204 g/mol. The zero-order valence-electron chi connectivity index (χ0n) is 9.78. The van der Waals surface area contributed by atoms with Crippen molar-refractivity contribution in [3.63, 3.8) is 0 Å². The molecule has 0 N–H and O–H groups in total. The van der Waals surface area contributed by atoms with Gasteiger partial charge in [-0.1, -0.05) is 42.5 Å². The summed E-state index contributed by atoms with van der Waals surface area (Å²) in [5, 5.41) is 1.71. The standard InChI is InChI=1S/C13H20Si/c1-10-8-11-6-5-7-12(11)13(9-10)14(2,3)4/h8-9H,5-7H2,1-4H3. The maximum atomic E-state index is 2.46. The monoisotopic (exact) mass is 204 g/mol. The van der Waals surface area contributed by atoms with Gasteiger partial charge in [-0.25, -0.2) is 0 Å². The van der Waals surface area contributed by atoms with Gasteiger partial charge < -0.3 is 0 Å². The zero-order chi connectivity index (χ0) is 10.3. The van der Waals surface area contributed by atoms with Gasteiger partial charge in [-0.3, -0.25) is 0 Å². The summed E-state index contributed by atoms with van der Waals surface area (Å²) in [5.74, 6) is 0. The fourth-order valence-corrected chi connectivity index (χ4v) is 4.39. The van der Waals surface area contributed by atoms with Crippen molar-refractivity contribution in [3.8, 4) is 0 Å². The predicted molar refractivity (Wildman–Crippen MR) is 66.2 cm³/mol. The van der Waals surface area contributed by atoms with Crippen molar-refractivity contribution in [2.24, 2.45) is 0 Å². The Bertz CT molecular complexity index is 358. The molecule has 0 aromatic heterocycles. The highest BCUT2D eigenvalue weighted by Gasteiger charge is 2.24. The summed E-state index contributed by atoms with van der Waals surface area (Å²) in [6, 6.07) is 4.84. The van der Waals surface area contributed by atoms with Crippen LogP contribution in [-0.2, 0) is 12.8 Å². The third kappa shape index (κ3) is 1.65. The summed E-state index contributed by atoms with van der Waals surface area (Å²) in [7, 11) is -1.12. The van der Waals surface area contributed by atoms with Crippen LogP contribution in [0.4, 0.5) is 0 Å². The van der Waals surface area contributed by atoms with Gasteiger partial charge in [-0.15, -0.1) is 0 Å². The van der Waals surface area contributed by atoms with Gasteiger partial charge >= 0.3 is 0 Å². The minimum atomic E-state index is -1.12. The Labute approximate surface area is 88.4 Å². The Balaban J connectivity index is 2.60. The highest BCUT2D eigenvalue weighted by molar-refractivity contribution is 6.89. The molecule has 0 aliphatic heterocycles. The lowest BCUT2D eigenvalue weighted by Crippen LogP contribution is -2.40. The van der Waals surface area contributed by atoms with E-state index in [4.69, 9.17) is 0 Å². The van der Waals surface area contributed by atoms with Gasteiger partial charge in [0.05, 0.1) is 8.07 Å². The third-order valence-electron chi connectivity index (χ3n) is 3.17. The molecular formula is C13H20Si. The fraction of sp³-hybridized carbons (Fsp3) is 0.538. The number of rotatable bonds is 1. The minimum Gasteiger partial charge on any atom is -0.0656 e. The van der Waals surface area contributed by atoms with E-state index in [0.29, 0.717) is 0 Å². The van der Waals surface area contributed by atoms with Gasteiger partial charge in [0, 0.05) is 0 Å². The van der Waals surface area contributed by atoms with Crippen molar-refractivity contribution in [2.45, 2.75) is 45.8 Å². The van der Waals surface area contributed by atoms with Crippen LogP contribution in [0.15, 0.2) is 12.1 Å². The first kappa shape index (κ1) is 9.97. The molecule has 0 atom stereocenters. The van der Waals surface area contributed by atoms with Crippen LogP contribution in [0.5, 0.6) is 0 Å². The summed E-state index contributed by atoms with van der Waals surface area (Å²) in [6.07, 6.45) is 4.01. The van der Waals surface area contributed by atoms with Crippen LogP contribution in [0.2, 0.25) is 19.6 Å². The lowest BCUT2D eigenvalue weighted by atomic mass is 10.1. The Morgan fingerprint density at radius 3 is 2.43 bits per heavy atom. The first-order chi connectivity index (χ1) is 6.48. The quantitative estimate of drug-likeness (QED) is 0.617.